The van der Waals surface area contributed by atoms with E-state index in [9.17, 15) is 14.0 Å². The number of benzene rings is 2. The van der Waals surface area contributed by atoms with Gasteiger partial charge in [-0.2, -0.15) is 0 Å². The third-order valence-corrected chi connectivity index (χ3v) is 3.52. The van der Waals surface area contributed by atoms with Crippen molar-refractivity contribution in [2.75, 3.05) is 10.6 Å². The number of carbonyl (C=O) groups is 2. The molecule has 2 amide bonds. The molecular weight excluding hydrogens is 323 g/mol. The van der Waals surface area contributed by atoms with Gasteiger partial charge in [-0.1, -0.05) is 32.9 Å². The van der Waals surface area contributed by atoms with E-state index >= 15 is 0 Å². The minimum atomic E-state index is -0.690. The highest BCUT2D eigenvalue weighted by molar-refractivity contribution is 6.05. The lowest BCUT2D eigenvalue weighted by molar-refractivity contribution is -0.123. The van der Waals surface area contributed by atoms with Crippen molar-refractivity contribution < 1.29 is 19.1 Å². The van der Waals surface area contributed by atoms with Gasteiger partial charge in [0.15, 0.2) is 0 Å². The molecule has 2 rings (SSSR count). The Morgan fingerprint density at radius 2 is 1.72 bits per heavy atom. The maximum atomic E-state index is 14.0. The summed E-state index contributed by atoms with van der Waals surface area (Å²) in [5.74, 6) is -1.56. The molecule has 0 saturated carbocycles. The average Bonchev–Trinajstić information content (AvgIpc) is 2.55. The second kappa shape index (κ2) is 7.44. The molecule has 0 aliphatic carbocycles. The van der Waals surface area contributed by atoms with Crippen molar-refractivity contribution in [3.63, 3.8) is 0 Å². The van der Waals surface area contributed by atoms with Crippen molar-refractivity contribution in [1.29, 1.82) is 0 Å². The first-order valence-electron chi connectivity index (χ1n) is 7.83. The van der Waals surface area contributed by atoms with Crippen LogP contribution in [0.1, 0.15) is 36.7 Å². The van der Waals surface area contributed by atoms with Gasteiger partial charge in [-0.15, -0.1) is 0 Å². The van der Waals surface area contributed by atoms with Crippen LogP contribution in [0.3, 0.4) is 0 Å². The first-order valence-corrected chi connectivity index (χ1v) is 7.83. The lowest BCUT2D eigenvalue weighted by atomic mass is 9.95. The molecule has 6 heteroatoms. The normalized spacial score (nSPS) is 11.1. The van der Waals surface area contributed by atoms with Crippen LogP contribution in [-0.2, 0) is 11.4 Å². The summed E-state index contributed by atoms with van der Waals surface area (Å²) >= 11 is 0. The average molecular weight is 344 g/mol. The molecule has 0 fully saturated rings. The summed E-state index contributed by atoms with van der Waals surface area (Å²) in [7, 11) is 0. The van der Waals surface area contributed by atoms with Crippen LogP contribution in [0.4, 0.5) is 15.8 Å². The molecule has 0 heterocycles. The zero-order chi connectivity index (χ0) is 18.6. The van der Waals surface area contributed by atoms with Crippen LogP contribution in [0.25, 0.3) is 0 Å². The fraction of sp³-hybridized carbons (Fsp3) is 0.263. The molecule has 0 radical (unpaired) electrons. The Balaban J connectivity index is 2.21. The quantitative estimate of drug-likeness (QED) is 0.793. The molecule has 0 aliphatic rings. The molecule has 0 aromatic heterocycles. The Morgan fingerprint density at radius 3 is 2.36 bits per heavy atom. The summed E-state index contributed by atoms with van der Waals surface area (Å²) < 4.78 is 14.0. The fourth-order valence-electron chi connectivity index (χ4n) is 2.04. The van der Waals surface area contributed by atoms with Gasteiger partial charge in [0.2, 0.25) is 5.91 Å². The number of hydrogen-bond donors (Lipinski definition) is 3. The Kier molecular flexibility index (Phi) is 5.54. The van der Waals surface area contributed by atoms with Gasteiger partial charge in [0.25, 0.3) is 5.91 Å². The van der Waals surface area contributed by atoms with E-state index in [1.807, 2.05) is 0 Å². The van der Waals surface area contributed by atoms with Gasteiger partial charge in [-0.05, 0) is 35.9 Å². The minimum absolute atomic E-state index is 0.160. The molecule has 132 valence electrons. The number of aliphatic hydroxyl groups is 1. The molecule has 0 atom stereocenters. The SMILES string of the molecule is CC(C)(C)C(=O)Nc1ccc(F)c(C(=O)Nc2cccc(CO)c2)c1. The Morgan fingerprint density at radius 1 is 1.04 bits per heavy atom. The van der Waals surface area contributed by atoms with E-state index in [0.29, 0.717) is 16.9 Å². The first kappa shape index (κ1) is 18.6. The van der Waals surface area contributed by atoms with Crippen LogP contribution < -0.4 is 10.6 Å². The second-order valence-electron chi connectivity index (χ2n) is 6.71. The molecule has 25 heavy (non-hydrogen) atoms. The van der Waals surface area contributed by atoms with Crippen LogP contribution in [0.2, 0.25) is 0 Å². The number of halogens is 1. The van der Waals surface area contributed by atoms with Crippen LogP contribution in [0, 0.1) is 11.2 Å². The highest BCUT2D eigenvalue weighted by atomic mass is 19.1. The number of nitrogens with one attached hydrogen (secondary N) is 2. The van der Waals surface area contributed by atoms with Crippen LogP contribution in [0.15, 0.2) is 42.5 Å². The molecule has 5 nitrogen and oxygen atoms in total. The summed E-state index contributed by atoms with van der Waals surface area (Å²) in [6.07, 6.45) is 0. The fourth-order valence-corrected chi connectivity index (χ4v) is 2.04. The van der Waals surface area contributed by atoms with Gasteiger partial charge < -0.3 is 15.7 Å². The van der Waals surface area contributed by atoms with Gasteiger partial charge >= 0.3 is 0 Å². The van der Waals surface area contributed by atoms with E-state index in [2.05, 4.69) is 10.6 Å². The lowest BCUT2D eigenvalue weighted by Crippen LogP contribution is -2.27. The maximum absolute atomic E-state index is 14.0. The van der Waals surface area contributed by atoms with Gasteiger partial charge in [0.1, 0.15) is 5.82 Å². The predicted molar refractivity (Wildman–Crippen MR) is 94.8 cm³/mol. The molecule has 2 aromatic carbocycles. The Bertz CT molecular complexity index is 797. The van der Waals surface area contributed by atoms with Gasteiger partial charge in [-0.3, -0.25) is 9.59 Å². The summed E-state index contributed by atoms with van der Waals surface area (Å²) in [5, 5.41) is 14.4. The van der Waals surface area contributed by atoms with E-state index in [0.717, 1.165) is 6.07 Å². The van der Waals surface area contributed by atoms with Crippen molar-refractivity contribution in [2.24, 2.45) is 5.41 Å². The molecule has 0 unspecified atom stereocenters. The number of carbonyl (C=O) groups excluding carboxylic acids is 2. The van der Waals surface area contributed by atoms with E-state index < -0.39 is 17.1 Å². The molecular formula is C19H21FN2O3. The highest BCUT2D eigenvalue weighted by Crippen LogP contribution is 2.21. The van der Waals surface area contributed by atoms with Gasteiger partial charge in [0, 0.05) is 16.8 Å². The van der Waals surface area contributed by atoms with E-state index in [4.69, 9.17) is 5.11 Å². The van der Waals surface area contributed by atoms with Crippen LogP contribution in [0.5, 0.6) is 0 Å². The third-order valence-electron chi connectivity index (χ3n) is 3.52. The van der Waals surface area contributed by atoms with Crippen molar-refractivity contribution in [3.05, 3.63) is 59.4 Å². The molecule has 2 aromatic rings. The summed E-state index contributed by atoms with van der Waals surface area (Å²) in [4.78, 5) is 24.4. The monoisotopic (exact) mass is 344 g/mol. The van der Waals surface area contributed by atoms with E-state index in [-0.39, 0.29) is 18.1 Å². The summed E-state index contributed by atoms with van der Waals surface area (Å²) in [5.41, 5.74) is 0.628. The van der Waals surface area contributed by atoms with Crippen LogP contribution in [-0.4, -0.2) is 16.9 Å². The number of amides is 2. The van der Waals surface area contributed by atoms with E-state index in [1.54, 1.807) is 45.0 Å². The number of anilines is 2. The maximum Gasteiger partial charge on any atom is 0.258 e. The minimum Gasteiger partial charge on any atom is -0.392 e. The van der Waals surface area contributed by atoms with Crippen molar-refractivity contribution in [2.45, 2.75) is 27.4 Å². The molecule has 0 bridgehead atoms. The van der Waals surface area contributed by atoms with Gasteiger partial charge in [-0.25, -0.2) is 4.39 Å². The number of hydrogen-bond acceptors (Lipinski definition) is 3. The molecule has 3 N–H and O–H groups in total. The van der Waals surface area contributed by atoms with Crippen molar-refractivity contribution in [1.82, 2.24) is 0 Å². The predicted octanol–water partition coefficient (Wildman–Crippen LogP) is 3.55. The smallest absolute Gasteiger partial charge is 0.258 e. The van der Waals surface area contributed by atoms with Gasteiger partial charge in [0.05, 0.1) is 12.2 Å². The topological polar surface area (TPSA) is 78.4 Å². The largest absolute Gasteiger partial charge is 0.392 e. The van der Waals surface area contributed by atoms with Crippen molar-refractivity contribution in [3.8, 4) is 0 Å². The van der Waals surface area contributed by atoms with Crippen molar-refractivity contribution >= 4 is 23.2 Å². The highest BCUT2D eigenvalue weighted by Gasteiger charge is 2.22. The molecule has 0 saturated heterocycles. The van der Waals surface area contributed by atoms with E-state index in [1.165, 1.54) is 12.1 Å². The zero-order valence-electron chi connectivity index (χ0n) is 14.4. The standard InChI is InChI=1S/C19H21FN2O3/c1-19(2,3)18(25)22-14-7-8-16(20)15(10-14)17(24)21-13-6-4-5-12(9-13)11-23/h4-10,23H,11H2,1-3H3,(H,21,24)(H,22,25). The molecule has 0 spiro atoms. The summed E-state index contributed by atoms with van der Waals surface area (Å²) in [6.45, 7) is 5.11. The lowest BCUT2D eigenvalue weighted by Gasteiger charge is -2.18. The Labute approximate surface area is 145 Å². The Hall–Kier alpha value is -2.73. The number of aliphatic hydroxyl groups excluding tert-OH is 1. The zero-order valence-corrected chi connectivity index (χ0v) is 14.4. The molecule has 0 aliphatic heterocycles. The summed E-state index contributed by atoms with van der Waals surface area (Å²) in [6, 6.07) is 10.5. The first-order chi connectivity index (χ1) is 11.7. The second-order valence-corrected chi connectivity index (χ2v) is 6.71. The van der Waals surface area contributed by atoms with Crippen LogP contribution >= 0.6 is 0 Å². The third kappa shape index (κ3) is 4.87. The number of rotatable bonds is 4.